The summed E-state index contributed by atoms with van der Waals surface area (Å²) >= 11 is 4.82. The largest absolute Gasteiger partial charge is 0.288 e. The first-order valence-corrected chi connectivity index (χ1v) is 16.2. The molecule has 2 aromatic carbocycles. The highest BCUT2D eigenvalue weighted by molar-refractivity contribution is 7.27. The zero-order chi connectivity index (χ0) is 30.0. The molecule has 3 aromatic heterocycles. The molecule has 210 valence electrons. The van der Waals surface area contributed by atoms with Crippen LogP contribution >= 0.6 is 34.0 Å². The molecular weight excluding hydrogens is 593 g/mol. The Morgan fingerprint density at radius 1 is 0.512 bits per heavy atom. The summed E-state index contributed by atoms with van der Waals surface area (Å²) in [6, 6.07) is 24.1. The number of Topliss-reactive ketones (excluding diaryl/α,β-unsaturated/α-hetero) is 4. The summed E-state index contributed by atoms with van der Waals surface area (Å²) in [5, 5.41) is 0. The first-order chi connectivity index (χ1) is 20.6. The van der Waals surface area contributed by atoms with Crippen LogP contribution in [0.4, 0.5) is 0 Å². The second kappa shape index (κ2) is 10.2. The average molecular weight is 617 g/mol. The molecule has 0 bridgehead atoms. The van der Waals surface area contributed by atoms with Crippen molar-refractivity contribution >= 4 is 69.3 Å². The molecule has 7 heteroatoms. The fourth-order valence-electron chi connectivity index (χ4n) is 5.46. The number of thiophene rings is 3. The highest BCUT2D eigenvalue weighted by Crippen LogP contribution is 2.47. The van der Waals surface area contributed by atoms with Gasteiger partial charge in [0.2, 0.25) is 0 Å². The molecule has 0 saturated carbocycles. The second-order valence-corrected chi connectivity index (χ2v) is 14.8. The van der Waals surface area contributed by atoms with Crippen LogP contribution in [0.1, 0.15) is 77.5 Å². The van der Waals surface area contributed by atoms with E-state index in [4.69, 9.17) is 0 Å². The normalized spacial score (nSPS) is 14.5. The van der Waals surface area contributed by atoms with Crippen LogP contribution in [0.2, 0.25) is 0 Å². The number of benzene rings is 2. The van der Waals surface area contributed by atoms with Crippen molar-refractivity contribution in [1.82, 2.24) is 0 Å². The number of carbonyl (C=O) groups is 4. The second-order valence-electron chi connectivity index (χ2n) is 11.5. The van der Waals surface area contributed by atoms with Gasteiger partial charge in [-0.1, -0.05) is 69.3 Å². The summed E-state index contributed by atoms with van der Waals surface area (Å²) in [4.78, 5) is 57.7. The zero-order valence-electron chi connectivity index (χ0n) is 23.5. The fraction of sp³-hybridized carbons (Fsp3) is 0.111. The van der Waals surface area contributed by atoms with Gasteiger partial charge in [-0.05, 0) is 53.5 Å². The first-order valence-electron chi connectivity index (χ1n) is 13.7. The minimum absolute atomic E-state index is 0.123. The van der Waals surface area contributed by atoms with Crippen LogP contribution in [0.15, 0.2) is 90.0 Å². The van der Waals surface area contributed by atoms with Crippen LogP contribution in [0.25, 0.3) is 31.7 Å². The summed E-state index contributed by atoms with van der Waals surface area (Å²) in [5.74, 6) is -0.898. The van der Waals surface area contributed by atoms with Gasteiger partial charge in [0.15, 0.2) is 23.1 Å². The molecule has 7 rings (SSSR count). The van der Waals surface area contributed by atoms with Gasteiger partial charge in [0.1, 0.15) is 0 Å². The lowest BCUT2D eigenvalue weighted by Gasteiger charge is -2.18. The molecule has 0 unspecified atom stereocenters. The van der Waals surface area contributed by atoms with Gasteiger partial charge in [0.05, 0.1) is 11.1 Å². The molecule has 0 amide bonds. The quantitative estimate of drug-likeness (QED) is 0.149. The van der Waals surface area contributed by atoms with E-state index in [9.17, 15) is 19.2 Å². The number of hydrogen-bond donors (Lipinski definition) is 0. The molecule has 0 atom stereocenters. The maximum atomic E-state index is 12.9. The third kappa shape index (κ3) is 4.65. The van der Waals surface area contributed by atoms with E-state index in [1.54, 1.807) is 94.7 Å². The van der Waals surface area contributed by atoms with Crippen molar-refractivity contribution in [2.45, 2.75) is 26.2 Å². The van der Waals surface area contributed by atoms with Crippen molar-refractivity contribution in [3.8, 4) is 19.5 Å². The van der Waals surface area contributed by atoms with E-state index in [1.165, 1.54) is 5.56 Å². The van der Waals surface area contributed by atoms with Crippen LogP contribution in [0, 0.1) is 0 Å². The van der Waals surface area contributed by atoms with Crippen molar-refractivity contribution in [1.29, 1.82) is 0 Å². The number of fused-ring (bicyclic) bond motifs is 2. The van der Waals surface area contributed by atoms with Crippen molar-refractivity contribution in [2.75, 3.05) is 0 Å². The maximum absolute atomic E-state index is 12.9. The predicted octanol–water partition coefficient (Wildman–Crippen LogP) is 9.43. The van der Waals surface area contributed by atoms with Crippen LogP contribution < -0.4 is 0 Å². The molecular formula is C36H24O4S3. The van der Waals surface area contributed by atoms with Crippen LogP contribution in [0.3, 0.4) is 0 Å². The predicted molar refractivity (Wildman–Crippen MR) is 176 cm³/mol. The van der Waals surface area contributed by atoms with E-state index in [0.29, 0.717) is 22.3 Å². The Morgan fingerprint density at radius 3 is 1.37 bits per heavy atom. The van der Waals surface area contributed by atoms with E-state index in [1.807, 2.05) is 18.2 Å². The standard InChI is InChI=1S/C36H24O4S3/c1-36(2,3)27-18-30(28-14-12-19(41-28)16-25-31(37)21-8-4-5-9-22(21)32(25)38)43-35(27)29-15-13-20(42-29)17-26-33(39)23-10-6-7-11-24(23)34(26)40/h4-18H,1-3H3. The van der Waals surface area contributed by atoms with Gasteiger partial charge in [-0.3, -0.25) is 19.2 Å². The summed E-state index contributed by atoms with van der Waals surface area (Å²) in [5.41, 5.74) is 3.35. The number of hydrogen-bond acceptors (Lipinski definition) is 7. The van der Waals surface area contributed by atoms with Crippen molar-refractivity contribution in [3.05, 3.63) is 128 Å². The van der Waals surface area contributed by atoms with Crippen molar-refractivity contribution in [2.24, 2.45) is 0 Å². The molecule has 3 heterocycles. The summed E-state index contributed by atoms with van der Waals surface area (Å²) in [7, 11) is 0. The van der Waals surface area contributed by atoms with Gasteiger partial charge >= 0.3 is 0 Å². The van der Waals surface area contributed by atoms with E-state index in [2.05, 4.69) is 32.9 Å². The Bertz CT molecular complexity index is 2010. The van der Waals surface area contributed by atoms with Crippen LogP contribution in [0.5, 0.6) is 0 Å². The third-order valence-corrected chi connectivity index (χ3v) is 11.2. The smallest absolute Gasteiger partial charge is 0.197 e. The van der Waals surface area contributed by atoms with E-state index in [-0.39, 0.29) is 39.7 Å². The molecule has 43 heavy (non-hydrogen) atoms. The Balaban J connectivity index is 1.21. The van der Waals surface area contributed by atoms with Crippen molar-refractivity contribution < 1.29 is 19.2 Å². The lowest BCUT2D eigenvalue weighted by Crippen LogP contribution is -2.10. The third-order valence-electron chi connectivity index (χ3n) is 7.64. The highest BCUT2D eigenvalue weighted by Gasteiger charge is 2.34. The van der Waals surface area contributed by atoms with Crippen LogP contribution in [-0.2, 0) is 5.41 Å². The Hall–Kier alpha value is -4.30. The Labute approximate surface area is 260 Å². The molecule has 0 N–H and O–H groups in total. The van der Waals surface area contributed by atoms with Gasteiger partial charge in [-0.15, -0.1) is 34.0 Å². The average Bonchev–Trinajstić information content (AvgIpc) is 3.81. The molecule has 0 spiro atoms. The SMILES string of the molecule is CC(C)(C)c1cc(-c2ccc(C=C3C(=O)c4ccccc4C3=O)s2)sc1-c1ccc(C=C2C(=O)c3ccccc3C2=O)s1. The molecule has 0 saturated heterocycles. The van der Waals surface area contributed by atoms with Crippen LogP contribution in [-0.4, -0.2) is 23.1 Å². The Kier molecular flexibility index (Phi) is 6.50. The number of carbonyl (C=O) groups excluding carboxylic acids is 4. The maximum Gasteiger partial charge on any atom is 0.197 e. The van der Waals surface area contributed by atoms with E-state index >= 15 is 0 Å². The molecule has 0 radical (unpaired) electrons. The fourth-order valence-corrected chi connectivity index (χ4v) is 8.94. The van der Waals surface area contributed by atoms with Gasteiger partial charge in [0, 0.05) is 51.5 Å². The summed E-state index contributed by atoms with van der Waals surface area (Å²) in [6.45, 7) is 6.56. The van der Waals surface area contributed by atoms with Gasteiger partial charge < -0.3 is 0 Å². The number of allylic oxidation sites excluding steroid dienone is 2. The van der Waals surface area contributed by atoms with Gasteiger partial charge in [-0.25, -0.2) is 0 Å². The minimum Gasteiger partial charge on any atom is -0.288 e. The molecule has 2 aliphatic carbocycles. The topological polar surface area (TPSA) is 68.3 Å². The molecule has 5 aromatic rings. The number of rotatable bonds is 4. The van der Waals surface area contributed by atoms with Crippen molar-refractivity contribution in [3.63, 3.8) is 0 Å². The summed E-state index contributed by atoms with van der Waals surface area (Å²) in [6.07, 6.45) is 3.42. The summed E-state index contributed by atoms with van der Waals surface area (Å²) < 4.78 is 0. The monoisotopic (exact) mass is 616 g/mol. The molecule has 4 nitrogen and oxygen atoms in total. The molecule has 0 fully saturated rings. The van der Waals surface area contributed by atoms with E-state index in [0.717, 1.165) is 29.3 Å². The first kappa shape index (κ1) is 27.5. The minimum atomic E-state index is -0.225. The Morgan fingerprint density at radius 2 is 0.930 bits per heavy atom. The zero-order valence-corrected chi connectivity index (χ0v) is 26.0. The van der Waals surface area contributed by atoms with Gasteiger partial charge in [0.25, 0.3) is 0 Å². The lowest BCUT2D eigenvalue weighted by molar-refractivity contribution is 0.0975. The lowest BCUT2D eigenvalue weighted by atomic mass is 9.87. The molecule has 2 aliphatic rings. The van der Waals surface area contributed by atoms with E-state index < -0.39 is 0 Å². The van der Waals surface area contributed by atoms with Gasteiger partial charge in [-0.2, -0.15) is 0 Å². The number of ketones is 4. The molecule has 0 aliphatic heterocycles. The highest BCUT2D eigenvalue weighted by atomic mass is 32.1.